The van der Waals surface area contributed by atoms with Crippen LogP contribution in [0.4, 0.5) is 0 Å². The molecule has 0 saturated carbocycles. The lowest BCUT2D eigenvalue weighted by atomic mass is 10.1. The van der Waals surface area contributed by atoms with Gasteiger partial charge in [0.1, 0.15) is 6.61 Å². The average Bonchev–Trinajstić information content (AvgIpc) is 2.83. The van der Waals surface area contributed by atoms with Crippen LogP contribution in [0.1, 0.15) is 16.7 Å². The van der Waals surface area contributed by atoms with Crippen molar-refractivity contribution in [2.45, 2.75) is 13.1 Å². The van der Waals surface area contributed by atoms with Crippen LogP contribution in [0, 0.1) is 11.8 Å². The first-order valence-corrected chi connectivity index (χ1v) is 6.52. The van der Waals surface area contributed by atoms with E-state index in [0.717, 1.165) is 18.7 Å². The van der Waals surface area contributed by atoms with E-state index in [9.17, 15) is 0 Å². The van der Waals surface area contributed by atoms with Crippen molar-refractivity contribution in [1.29, 1.82) is 0 Å². The molecular formula is C16H19N3O. The van der Waals surface area contributed by atoms with Crippen molar-refractivity contribution in [3.8, 4) is 11.8 Å². The molecule has 0 unspecified atom stereocenters. The topological polar surface area (TPSA) is 41.3 Å². The van der Waals surface area contributed by atoms with Gasteiger partial charge in [-0.25, -0.2) is 0 Å². The normalized spacial score (nSPS) is 10.4. The maximum atomic E-state index is 8.66. The van der Waals surface area contributed by atoms with Crippen molar-refractivity contribution in [1.82, 2.24) is 14.7 Å². The van der Waals surface area contributed by atoms with Crippen LogP contribution < -0.4 is 0 Å². The Labute approximate surface area is 119 Å². The summed E-state index contributed by atoms with van der Waals surface area (Å²) in [6, 6.07) is 8.11. The molecule has 1 heterocycles. The van der Waals surface area contributed by atoms with Crippen LogP contribution in [-0.2, 0) is 20.1 Å². The van der Waals surface area contributed by atoms with E-state index in [1.165, 1.54) is 11.1 Å². The molecule has 0 radical (unpaired) electrons. The van der Waals surface area contributed by atoms with Gasteiger partial charge in [-0.3, -0.25) is 9.58 Å². The van der Waals surface area contributed by atoms with Crippen molar-refractivity contribution in [3.63, 3.8) is 0 Å². The summed E-state index contributed by atoms with van der Waals surface area (Å²) in [5, 5.41) is 12.8. The highest BCUT2D eigenvalue weighted by Gasteiger charge is 2.03. The van der Waals surface area contributed by atoms with Crippen molar-refractivity contribution in [3.05, 3.63) is 53.3 Å². The Morgan fingerprint density at radius 1 is 1.20 bits per heavy atom. The summed E-state index contributed by atoms with van der Waals surface area (Å²) in [6.07, 6.45) is 3.92. The van der Waals surface area contributed by atoms with Crippen LogP contribution in [0.25, 0.3) is 0 Å². The molecule has 0 aliphatic carbocycles. The molecule has 4 heteroatoms. The Balaban J connectivity index is 1.92. The van der Waals surface area contributed by atoms with Gasteiger partial charge in [0.2, 0.25) is 0 Å². The van der Waals surface area contributed by atoms with Crippen LogP contribution in [0.5, 0.6) is 0 Å². The van der Waals surface area contributed by atoms with E-state index in [0.29, 0.717) is 0 Å². The van der Waals surface area contributed by atoms with E-state index in [1.54, 1.807) is 0 Å². The number of aromatic nitrogens is 2. The number of aliphatic hydroxyl groups excluding tert-OH is 1. The molecule has 1 aromatic carbocycles. The zero-order valence-electron chi connectivity index (χ0n) is 11.9. The first kappa shape index (κ1) is 14.3. The van der Waals surface area contributed by atoms with E-state index in [2.05, 4.69) is 41.0 Å². The Bertz CT molecular complexity index is 605. The average molecular weight is 269 g/mol. The molecule has 2 rings (SSSR count). The van der Waals surface area contributed by atoms with Gasteiger partial charge in [-0.15, -0.1) is 0 Å². The highest BCUT2D eigenvalue weighted by Crippen LogP contribution is 2.09. The third-order valence-corrected chi connectivity index (χ3v) is 2.93. The van der Waals surface area contributed by atoms with E-state index in [1.807, 2.05) is 36.3 Å². The predicted molar refractivity (Wildman–Crippen MR) is 78.8 cm³/mol. The minimum Gasteiger partial charge on any atom is -0.384 e. The van der Waals surface area contributed by atoms with Gasteiger partial charge in [0.05, 0.1) is 6.20 Å². The number of benzene rings is 1. The SMILES string of the molecule is CN(Cc1ccc(C#CCO)cc1)Cc1cnn(C)c1. The first-order valence-electron chi connectivity index (χ1n) is 6.52. The lowest BCUT2D eigenvalue weighted by molar-refractivity contribution is 0.319. The molecule has 1 aromatic heterocycles. The maximum absolute atomic E-state index is 8.66. The van der Waals surface area contributed by atoms with Gasteiger partial charge in [-0.05, 0) is 24.7 Å². The highest BCUT2D eigenvalue weighted by atomic mass is 16.2. The summed E-state index contributed by atoms with van der Waals surface area (Å²) in [5.41, 5.74) is 3.38. The van der Waals surface area contributed by atoms with Gasteiger partial charge in [-0.1, -0.05) is 24.0 Å². The van der Waals surface area contributed by atoms with E-state index < -0.39 is 0 Å². The van der Waals surface area contributed by atoms with Gasteiger partial charge in [0.15, 0.2) is 0 Å². The molecule has 0 aliphatic rings. The molecule has 20 heavy (non-hydrogen) atoms. The number of aliphatic hydroxyl groups is 1. The molecule has 4 nitrogen and oxygen atoms in total. The number of nitrogens with zero attached hydrogens (tertiary/aromatic N) is 3. The Hall–Kier alpha value is -2.09. The summed E-state index contributed by atoms with van der Waals surface area (Å²) in [5.74, 6) is 5.54. The molecule has 0 saturated heterocycles. The molecule has 1 N–H and O–H groups in total. The molecule has 0 fully saturated rings. The monoisotopic (exact) mass is 269 g/mol. The predicted octanol–water partition coefficient (Wildman–Crippen LogP) is 1.40. The second-order valence-electron chi connectivity index (χ2n) is 4.85. The first-order chi connectivity index (χ1) is 9.67. The second-order valence-corrected chi connectivity index (χ2v) is 4.85. The number of hydrogen-bond donors (Lipinski definition) is 1. The Kier molecular flexibility index (Phi) is 4.94. The smallest absolute Gasteiger partial charge is 0.104 e. The fourth-order valence-corrected chi connectivity index (χ4v) is 2.07. The van der Waals surface area contributed by atoms with Crippen molar-refractivity contribution in [2.24, 2.45) is 7.05 Å². The molecule has 0 bridgehead atoms. The molecule has 2 aromatic rings. The summed E-state index contributed by atoms with van der Waals surface area (Å²) in [6.45, 7) is 1.65. The summed E-state index contributed by atoms with van der Waals surface area (Å²) < 4.78 is 1.82. The molecule has 0 spiro atoms. The third kappa shape index (κ3) is 4.23. The zero-order chi connectivity index (χ0) is 14.4. The van der Waals surface area contributed by atoms with Crippen molar-refractivity contribution < 1.29 is 5.11 Å². The standard InChI is InChI=1S/C16H19N3O/c1-18(12-16-10-17-19(2)13-16)11-15-7-5-14(6-8-15)4-3-9-20/h5-8,10,13,20H,9,11-12H2,1-2H3. The van der Waals surface area contributed by atoms with Crippen molar-refractivity contribution >= 4 is 0 Å². The quantitative estimate of drug-likeness (QED) is 0.853. The summed E-state index contributed by atoms with van der Waals surface area (Å²) in [7, 11) is 4.02. The number of hydrogen-bond acceptors (Lipinski definition) is 3. The molecular weight excluding hydrogens is 250 g/mol. The van der Waals surface area contributed by atoms with E-state index in [4.69, 9.17) is 5.11 Å². The molecule has 104 valence electrons. The minimum atomic E-state index is -0.102. The van der Waals surface area contributed by atoms with Gasteiger partial charge in [0.25, 0.3) is 0 Å². The van der Waals surface area contributed by atoms with Gasteiger partial charge >= 0.3 is 0 Å². The van der Waals surface area contributed by atoms with Crippen molar-refractivity contribution in [2.75, 3.05) is 13.7 Å². The minimum absolute atomic E-state index is 0.102. The van der Waals surface area contributed by atoms with E-state index in [-0.39, 0.29) is 6.61 Å². The van der Waals surface area contributed by atoms with Crippen LogP contribution in [0.2, 0.25) is 0 Å². The molecule has 0 amide bonds. The van der Waals surface area contributed by atoms with E-state index >= 15 is 0 Å². The van der Waals surface area contributed by atoms with Gasteiger partial charge in [0, 0.05) is 37.5 Å². The fourth-order valence-electron chi connectivity index (χ4n) is 2.07. The van der Waals surface area contributed by atoms with Crippen LogP contribution in [-0.4, -0.2) is 33.4 Å². The number of rotatable bonds is 4. The third-order valence-electron chi connectivity index (χ3n) is 2.93. The summed E-state index contributed by atoms with van der Waals surface area (Å²) in [4.78, 5) is 2.24. The van der Waals surface area contributed by atoms with Crippen LogP contribution >= 0.6 is 0 Å². The lowest BCUT2D eigenvalue weighted by Crippen LogP contribution is -2.16. The molecule has 0 atom stereocenters. The second kappa shape index (κ2) is 6.90. The Morgan fingerprint density at radius 3 is 2.50 bits per heavy atom. The fraction of sp³-hybridized carbons (Fsp3) is 0.312. The van der Waals surface area contributed by atoms with Gasteiger partial charge < -0.3 is 5.11 Å². The highest BCUT2D eigenvalue weighted by molar-refractivity contribution is 5.36. The lowest BCUT2D eigenvalue weighted by Gasteiger charge is -2.15. The van der Waals surface area contributed by atoms with Gasteiger partial charge in [-0.2, -0.15) is 5.10 Å². The summed E-state index contributed by atoms with van der Waals surface area (Å²) >= 11 is 0. The zero-order valence-corrected chi connectivity index (χ0v) is 11.9. The number of aryl methyl sites for hydroxylation is 1. The maximum Gasteiger partial charge on any atom is 0.104 e. The Morgan fingerprint density at radius 2 is 1.90 bits per heavy atom. The largest absolute Gasteiger partial charge is 0.384 e. The van der Waals surface area contributed by atoms with Crippen LogP contribution in [0.15, 0.2) is 36.7 Å². The van der Waals surface area contributed by atoms with Crippen LogP contribution in [0.3, 0.4) is 0 Å². The molecule has 0 aliphatic heterocycles.